The summed E-state index contributed by atoms with van der Waals surface area (Å²) in [7, 11) is 1.74. The van der Waals surface area contributed by atoms with Gasteiger partial charge < -0.3 is 25.0 Å². The monoisotopic (exact) mass is 532 g/mol. The topological polar surface area (TPSA) is 111 Å². The minimum atomic E-state index is -1.82. The number of carboxylic acid groups (broad SMARTS) is 2. The molecule has 0 amide bonds. The largest absolute Gasteiger partial charge is 0.495 e. The molecule has 8 nitrogen and oxygen atoms in total. The van der Waals surface area contributed by atoms with Crippen LogP contribution in [0.4, 0.5) is 5.69 Å². The fraction of sp³-hybridized carbons (Fsp3) is 0.355. The highest BCUT2D eigenvalue weighted by molar-refractivity contribution is 6.27. The number of rotatable bonds is 6. The second-order valence-corrected chi connectivity index (χ2v) is 10.0. The van der Waals surface area contributed by atoms with E-state index < -0.39 is 18.0 Å². The molecule has 1 saturated heterocycles. The number of aliphatic hydroxyl groups is 1. The van der Waals surface area contributed by atoms with Crippen molar-refractivity contribution in [3.05, 3.63) is 96.1 Å². The Bertz CT molecular complexity index is 1180. The second-order valence-electron chi connectivity index (χ2n) is 10.0. The number of para-hydroxylation sites is 2. The van der Waals surface area contributed by atoms with E-state index in [-0.39, 0.29) is 11.3 Å². The number of aliphatic carboxylic acids is 2. The Labute approximate surface area is 229 Å². The summed E-state index contributed by atoms with van der Waals surface area (Å²) in [6, 6.07) is 29.5. The Morgan fingerprint density at radius 2 is 1.33 bits per heavy atom. The molecule has 0 spiro atoms. The first kappa shape index (κ1) is 28.1. The number of nitrogens with zero attached hydrogens (tertiary/aromatic N) is 2. The van der Waals surface area contributed by atoms with Crippen LogP contribution in [0.3, 0.4) is 0 Å². The number of methoxy groups -OCH3 is 1. The quantitative estimate of drug-likeness (QED) is 0.412. The smallest absolute Gasteiger partial charge is 0.414 e. The summed E-state index contributed by atoms with van der Waals surface area (Å²) in [4.78, 5) is 23.1. The van der Waals surface area contributed by atoms with Crippen LogP contribution in [-0.2, 0) is 15.0 Å². The van der Waals surface area contributed by atoms with Crippen LogP contribution in [0, 0.1) is 5.92 Å². The van der Waals surface area contributed by atoms with Crippen molar-refractivity contribution in [1.82, 2.24) is 4.90 Å². The summed E-state index contributed by atoms with van der Waals surface area (Å²) in [5, 5.41) is 26.6. The fourth-order valence-corrected chi connectivity index (χ4v) is 5.97. The van der Waals surface area contributed by atoms with Crippen molar-refractivity contribution >= 4 is 17.6 Å². The van der Waals surface area contributed by atoms with Crippen molar-refractivity contribution in [2.75, 3.05) is 44.7 Å². The van der Waals surface area contributed by atoms with E-state index in [1.54, 1.807) is 7.11 Å². The maximum absolute atomic E-state index is 11.8. The first-order valence-electron chi connectivity index (χ1n) is 13.2. The Kier molecular flexibility index (Phi) is 9.22. The van der Waals surface area contributed by atoms with Crippen molar-refractivity contribution in [2.24, 2.45) is 5.92 Å². The van der Waals surface area contributed by atoms with Crippen molar-refractivity contribution in [3.8, 4) is 5.75 Å². The molecule has 3 aromatic rings. The second kappa shape index (κ2) is 12.8. The standard InChI is InChI=1S/C29H34N2O2.C2H2O4/c1-33-27-15-9-8-14-26(27)31-20-18-30(19-21-31)22-23-16-17-29(28(23)32,24-10-4-2-5-11-24)25-12-6-3-7-13-25;3-1(4)2(5)6/h2-15,23,28,32H,16-22H2,1H3;(H,3,4)(H,5,6)/t23-,28+;/m1./s1. The molecule has 0 radical (unpaired) electrons. The molecule has 2 aliphatic rings. The van der Waals surface area contributed by atoms with Crippen molar-refractivity contribution in [3.63, 3.8) is 0 Å². The zero-order valence-electron chi connectivity index (χ0n) is 22.1. The van der Waals surface area contributed by atoms with E-state index >= 15 is 0 Å². The Balaban J connectivity index is 0.000000531. The van der Waals surface area contributed by atoms with Gasteiger partial charge in [0, 0.05) is 38.1 Å². The third-order valence-electron chi connectivity index (χ3n) is 7.91. The van der Waals surface area contributed by atoms with Gasteiger partial charge in [0.15, 0.2) is 0 Å². The molecule has 3 aromatic carbocycles. The van der Waals surface area contributed by atoms with Crippen LogP contribution in [0.15, 0.2) is 84.9 Å². The summed E-state index contributed by atoms with van der Waals surface area (Å²) in [5.41, 5.74) is 3.30. The van der Waals surface area contributed by atoms with Gasteiger partial charge >= 0.3 is 11.9 Å². The highest BCUT2D eigenvalue weighted by Crippen LogP contribution is 2.49. The van der Waals surface area contributed by atoms with Crippen molar-refractivity contribution in [2.45, 2.75) is 24.4 Å². The Morgan fingerprint density at radius 3 is 1.85 bits per heavy atom. The molecular weight excluding hydrogens is 496 g/mol. The van der Waals surface area contributed by atoms with Gasteiger partial charge in [-0.05, 0) is 42.0 Å². The van der Waals surface area contributed by atoms with Crippen LogP contribution in [0.25, 0.3) is 0 Å². The van der Waals surface area contributed by atoms with Crippen LogP contribution in [0.2, 0.25) is 0 Å². The molecule has 1 heterocycles. The molecule has 0 aromatic heterocycles. The van der Waals surface area contributed by atoms with Gasteiger partial charge in [-0.2, -0.15) is 0 Å². The molecule has 8 heteroatoms. The highest BCUT2D eigenvalue weighted by Gasteiger charge is 2.50. The normalized spacial score (nSPS) is 20.5. The summed E-state index contributed by atoms with van der Waals surface area (Å²) < 4.78 is 5.57. The predicted molar refractivity (Wildman–Crippen MR) is 149 cm³/mol. The average molecular weight is 533 g/mol. The molecule has 39 heavy (non-hydrogen) atoms. The maximum Gasteiger partial charge on any atom is 0.414 e. The maximum atomic E-state index is 11.8. The van der Waals surface area contributed by atoms with E-state index in [2.05, 4.69) is 82.6 Å². The van der Waals surface area contributed by atoms with Crippen molar-refractivity contribution in [1.29, 1.82) is 0 Å². The van der Waals surface area contributed by atoms with Gasteiger partial charge in [0.05, 0.1) is 18.9 Å². The fourth-order valence-electron chi connectivity index (χ4n) is 5.97. The molecule has 1 saturated carbocycles. The first-order chi connectivity index (χ1) is 18.9. The van der Waals surface area contributed by atoms with Gasteiger partial charge in [0.1, 0.15) is 5.75 Å². The van der Waals surface area contributed by atoms with Crippen LogP contribution < -0.4 is 9.64 Å². The van der Waals surface area contributed by atoms with Gasteiger partial charge in [-0.25, -0.2) is 9.59 Å². The number of piperazine rings is 1. The molecule has 1 aliphatic heterocycles. The van der Waals surface area contributed by atoms with Crippen LogP contribution in [-0.4, -0.2) is 78.1 Å². The number of carbonyl (C=O) groups is 2. The summed E-state index contributed by atoms with van der Waals surface area (Å²) >= 11 is 0. The van der Waals surface area contributed by atoms with Crippen molar-refractivity contribution < 1.29 is 29.6 Å². The molecule has 206 valence electrons. The number of anilines is 1. The molecule has 0 bridgehead atoms. The van der Waals surface area contributed by atoms with E-state index in [1.807, 2.05) is 12.1 Å². The van der Waals surface area contributed by atoms with E-state index in [4.69, 9.17) is 24.5 Å². The van der Waals surface area contributed by atoms with Gasteiger partial charge in [0.25, 0.3) is 0 Å². The molecule has 5 rings (SSSR count). The lowest BCUT2D eigenvalue weighted by molar-refractivity contribution is -0.159. The number of aliphatic hydroxyl groups excluding tert-OH is 1. The summed E-state index contributed by atoms with van der Waals surface area (Å²) in [6.07, 6.45) is 1.63. The molecule has 0 unspecified atom stereocenters. The molecule has 1 aliphatic carbocycles. The molecule has 2 atom stereocenters. The van der Waals surface area contributed by atoms with Gasteiger partial charge in [-0.3, -0.25) is 4.90 Å². The first-order valence-corrected chi connectivity index (χ1v) is 13.2. The summed E-state index contributed by atoms with van der Waals surface area (Å²) in [6.45, 7) is 4.91. The lowest BCUT2D eigenvalue weighted by atomic mass is 9.71. The number of carboxylic acids is 2. The third kappa shape index (κ3) is 6.24. The number of benzene rings is 3. The number of ether oxygens (including phenoxy) is 1. The molecular formula is C31H36N2O6. The zero-order valence-corrected chi connectivity index (χ0v) is 22.1. The van der Waals surface area contributed by atoms with Gasteiger partial charge in [-0.15, -0.1) is 0 Å². The Hall–Kier alpha value is -3.88. The van der Waals surface area contributed by atoms with E-state index in [9.17, 15) is 5.11 Å². The van der Waals surface area contributed by atoms with Gasteiger partial charge in [0.2, 0.25) is 0 Å². The van der Waals surface area contributed by atoms with E-state index in [0.29, 0.717) is 0 Å². The lowest BCUT2D eigenvalue weighted by Gasteiger charge is -2.39. The Morgan fingerprint density at radius 1 is 0.821 bits per heavy atom. The number of hydrogen-bond acceptors (Lipinski definition) is 6. The third-order valence-corrected chi connectivity index (χ3v) is 7.91. The highest BCUT2D eigenvalue weighted by atomic mass is 16.5. The SMILES string of the molecule is COc1ccccc1N1CCN(C[C@H]2CCC(c3ccccc3)(c3ccccc3)[C@H]2O)CC1.O=C(O)C(=O)O. The average Bonchev–Trinajstić information content (AvgIpc) is 3.31. The van der Waals surface area contributed by atoms with Crippen LogP contribution in [0.5, 0.6) is 5.75 Å². The van der Waals surface area contributed by atoms with Crippen LogP contribution >= 0.6 is 0 Å². The minimum absolute atomic E-state index is 0.267. The van der Waals surface area contributed by atoms with E-state index in [0.717, 1.165) is 51.3 Å². The molecule has 2 fully saturated rings. The zero-order chi connectivity index (χ0) is 27.8. The van der Waals surface area contributed by atoms with Gasteiger partial charge in [-0.1, -0.05) is 72.8 Å². The summed E-state index contributed by atoms with van der Waals surface area (Å²) in [5.74, 6) is -2.44. The predicted octanol–water partition coefficient (Wildman–Crippen LogP) is 3.73. The lowest BCUT2D eigenvalue weighted by Crippen LogP contribution is -2.49. The minimum Gasteiger partial charge on any atom is -0.495 e. The molecule has 3 N–H and O–H groups in total. The number of hydrogen-bond donors (Lipinski definition) is 3. The van der Waals surface area contributed by atoms with Crippen LogP contribution in [0.1, 0.15) is 24.0 Å². The van der Waals surface area contributed by atoms with E-state index in [1.165, 1.54) is 16.8 Å².